The summed E-state index contributed by atoms with van der Waals surface area (Å²) in [4.78, 5) is 0. The Labute approximate surface area is 100 Å². The molecule has 0 amide bonds. The van der Waals surface area contributed by atoms with Crippen LogP contribution in [-0.4, -0.2) is 0 Å². The van der Waals surface area contributed by atoms with Crippen LogP contribution in [0.15, 0.2) is 42.5 Å². The van der Waals surface area contributed by atoms with Crippen LogP contribution in [-0.2, 0) is 6.42 Å². The summed E-state index contributed by atoms with van der Waals surface area (Å²) in [5.41, 5.74) is 1.44. The fourth-order valence-electron chi connectivity index (χ4n) is 1.85. The van der Waals surface area contributed by atoms with Crippen molar-refractivity contribution in [3.05, 3.63) is 48.0 Å². The number of unbranched alkanes of at least 4 members (excludes halogenated alkanes) is 1. The minimum absolute atomic E-state index is 0.746. The van der Waals surface area contributed by atoms with E-state index in [4.69, 9.17) is 0 Å². The van der Waals surface area contributed by atoms with Crippen LogP contribution in [0.2, 0.25) is 0 Å². The van der Waals surface area contributed by atoms with E-state index in [1.54, 1.807) is 0 Å². The van der Waals surface area contributed by atoms with Crippen LogP contribution in [0.4, 0.5) is 0 Å². The van der Waals surface area contributed by atoms with Gasteiger partial charge in [-0.25, -0.2) is 0 Å². The molecule has 88 valence electrons. The van der Waals surface area contributed by atoms with Gasteiger partial charge in [0.25, 0.3) is 0 Å². The molecule has 0 aliphatic rings. The van der Waals surface area contributed by atoms with Crippen LogP contribution >= 0.6 is 0 Å². The van der Waals surface area contributed by atoms with Crippen molar-refractivity contribution < 1.29 is 0 Å². The quantitative estimate of drug-likeness (QED) is 0.562. The summed E-state index contributed by atoms with van der Waals surface area (Å²) < 4.78 is 0. The van der Waals surface area contributed by atoms with Crippen molar-refractivity contribution in [3.8, 4) is 0 Å². The number of allylic oxidation sites excluding steroid dienone is 2. The first-order chi connectivity index (χ1) is 7.83. The Balaban J connectivity index is 2.17. The normalized spacial score (nSPS) is 13.1. The summed E-state index contributed by atoms with van der Waals surface area (Å²) >= 11 is 0. The molecule has 0 N–H and O–H groups in total. The summed E-state index contributed by atoms with van der Waals surface area (Å²) in [5, 5.41) is 0. The van der Waals surface area contributed by atoms with Crippen molar-refractivity contribution in [2.24, 2.45) is 5.92 Å². The van der Waals surface area contributed by atoms with E-state index >= 15 is 0 Å². The topological polar surface area (TPSA) is 0 Å². The minimum atomic E-state index is 0.746. The molecule has 0 heterocycles. The first-order valence-electron chi connectivity index (χ1n) is 6.53. The lowest BCUT2D eigenvalue weighted by molar-refractivity contribution is 0.596. The number of aryl methyl sites for hydroxylation is 1. The van der Waals surface area contributed by atoms with E-state index < -0.39 is 0 Å². The van der Waals surface area contributed by atoms with Crippen LogP contribution in [0.3, 0.4) is 0 Å². The maximum Gasteiger partial charge on any atom is -0.0244 e. The van der Waals surface area contributed by atoms with Gasteiger partial charge < -0.3 is 0 Å². The number of benzene rings is 1. The van der Waals surface area contributed by atoms with Crippen molar-refractivity contribution in [2.45, 2.75) is 46.0 Å². The van der Waals surface area contributed by atoms with Crippen molar-refractivity contribution in [1.29, 1.82) is 0 Å². The van der Waals surface area contributed by atoms with Gasteiger partial charge in [-0.05, 0) is 30.7 Å². The zero-order chi connectivity index (χ0) is 11.6. The highest BCUT2D eigenvalue weighted by molar-refractivity contribution is 5.15. The molecule has 0 aliphatic heterocycles. The second-order valence-corrected chi connectivity index (χ2v) is 4.57. The largest absolute Gasteiger partial charge is 0.0879 e. The molecule has 0 aliphatic carbocycles. The highest BCUT2D eigenvalue weighted by atomic mass is 14.0. The molecule has 0 saturated heterocycles. The molecule has 1 aromatic rings. The predicted molar refractivity (Wildman–Crippen MR) is 72.6 cm³/mol. The lowest BCUT2D eigenvalue weighted by atomic mass is 10.0. The molecular weight excluding hydrogens is 192 g/mol. The highest BCUT2D eigenvalue weighted by Gasteiger charge is 1.95. The predicted octanol–water partition coefficient (Wildman–Crippen LogP) is 5.00. The van der Waals surface area contributed by atoms with Crippen molar-refractivity contribution >= 4 is 0 Å². The van der Waals surface area contributed by atoms with Gasteiger partial charge in [0.1, 0.15) is 0 Å². The number of hydrogen-bond acceptors (Lipinski definition) is 0. The van der Waals surface area contributed by atoms with Gasteiger partial charge in [-0.15, -0.1) is 0 Å². The van der Waals surface area contributed by atoms with Crippen molar-refractivity contribution in [1.82, 2.24) is 0 Å². The molecular formula is C16H24. The molecule has 0 unspecified atom stereocenters. The lowest BCUT2D eigenvalue weighted by Crippen LogP contribution is -1.89. The molecule has 1 aromatic carbocycles. The van der Waals surface area contributed by atoms with E-state index in [0.29, 0.717) is 0 Å². The molecule has 0 saturated carbocycles. The molecule has 0 fully saturated rings. The van der Waals surface area contributed by atoms with E-state index in [1.165, 1.54) is 31.2 Å². The number of rotatable bonds is 7. The van der Waals surface area contributed by atoms with Gasteiger partial charge in [0.05, 0.1) is 0 Å². The summed E-state index contributed by atoms with van der Waals surface area (Å²) in [6.45, 7) is 4.57. The first kappa shape index (κ1) is 13.0. The fourth-order valence-corrected chi connectivity index (χ4v) is 1.85. The molecule has 0 spiro atoms. The Morgan fingerprint density at radius 3 is 2.62 bits per heavy atom. The van der Waals surface area contributed by atoms with Crippen LogP contribution < -0.4 is 0 Å². The molecule has 0 nitrogen and oxygen atoms in total. The SMILES string of the molecule is CCCC[C@H](C)/C=C\CCc1ccccc1. The van der Waals surface area contributed by atoms with Gasteiger partial charge in [0.15, 0.2) is 0 Å². The first-order valence-corrected chi connectivity index (χ1v) is 6.53. The molecule has 0 heteroatoms. The summed E-state index contributed by atoms with van der Waals surface area (Å²) in [5.74, 6) is 0.746. The third-order valence-electron chi connectivity index (χ3n) is 2.92. The number of hydrogen-bond donors (Lipinski definition) is 0. The maximum atomic E-state index is 2.37. The molecule has 0 radical (unpaired) electrons. The Morgan fingerprint density at radius 2 is 1.94 bits per heavy atom. The van der Waals surface area contributed by atoms with E-state index in [9.17, 15) is 0 Å². The summed E-state index contributed by atoms with van der Waals surface area (Å²) in [7, 11) is 0. The molecule has 16 heavy (non-hydrogen) atoms. The van der Waals surface area contributed by atoms with E-state index in [-0.39, 0.29) is 0 Å². The van der Waals surface area contributed by atoms with Gasteiger partial charge in [0.2, 0.25) is 0 Å². The molecule has 0 bridgehead atoms. The average Bonchev–Trinajstić information content (AvgIpc) is 2.33. The Kier molecular flexibility index (Phi) is 6.64. The molecule has 1 atom stereocenters. The van der Waals surface area contributed by atoms with Crippen molar-refractivity contribution in [3.63, 3.8) is 0 Å². The fraction of sp³-hybridized carbons (Fsp3) is 0.500. The highest BCUT2D eigenvalue weighted by Crippen LogP contribution is 2.10. The Hall–Kier alpha value is -1.04. The average molecular weight is 216 g/mol. The Morgan fingerprint density at radius 1 is 1.19 bits per heavy atom. The second kappa shape index (κ2) is 8.15. The van der Waals surface area contributed by atoms with Gasteiger partial charge in [0, 0.05) is 0 Å². The third-order valence-corrected chi connectivity index (χ3v) is 2.92. The van der Waals surface area contributed by atoms with Gasteiger partial charge in [-0.2, -0.15) is 0 Å². The van der Waals surface area contributed by atoms with Gasteiger partial charge >= 0.3 is 0 Å². The van der Waals surface area contributed by atoms with Gasteiger partial charge in [-0.3, -0.25) is 0 Å². The van der Waals surface area contributed by atoms with Crippen LogP contribution in [0, 0.1) is 5.92 Å². The lowest BCUT2D eigenvalue weighted by Gasteiger charge is -2.03. The van der Waals surface area contributed by atoms with E-state index in [2.05, 4.69) is 56.3 Å². The summed E-state index contributed by atoms with van der Waals surface area (Å²) in [6, 6.07) is 10.7. The second-order valence-electron chi connectivity index (χ2n) is 4.57. The van der Waals surface area contributed by atoms with Crippen LogP contribution in [0.1, 0.15) is 45.1 Å². The smallest absolute Gasteiger partial charge is 0.0244 e. The summed E-state index contributed by atoms with van der Waals surface area (Å²) in [6.07, 6.45) is 11.0. The minimum Gasteiger partial charge on any atom is -0.0879 e. The zero-order valence-electron chi connectivity index (χ0n) is 10.7. The van der Waals surface area contributed by atoms with Crippen LogP contribution in [0.25, 0.3) is 0 Å². The van der Waals surface area contributed by atoms with E-state index in [1.807, 2.05) is 0 Å². The van der Waals surface area contributed by atoms with Crippen molar-refractivity contribution in [2.75, 3.05) is 0 Å². The Bertz CT molecular complexity index is 284. The van der Waals surface area contributed by atoms with Gasteiger partial charge in [-0.1, -0.05) is 69.2 Å². The third kappa shape index (κ3) is 5.75. The maximum absolute atomic E-state index is 2.37. The molecule has 0 aromatic heterocycles. The van der Waals surface area contributed by atoms with Crippen LogP contribution in [0.5, 0.6) is 0 Å². The zero-order valence-corrected chi connectivity index (χ0v) is 10.7. The monoisotopic (exact) mass is 216 g/mol. The van der Waals surface area contributed by atoms with E-state index in [0.717, 1.165) is 12.3 Å². The molecule has 1 rings (SSSR count). The standard InChI is InChI=1S/C16H24/c1-3-4-10-15(2)11-8-9-14-16-12-6-5-7-13-16/h5-8,11-13,15H,3-4,9-10,14H2,1-2H3/b11-8-/t15-/m0/s1.